The third kappa shape index (κ3) is 4.72. The van der Waals surface area contributed by atoms with Crippen molar-refractivity contribution >= 4 is 6.09 Å². The molecule has 2 aromatic heterocycles. The number of benzene rings is 2. The number of ether oxygens (including phenoxy) is 1. The molecule has 0 bridgehead atoms. The van der Waals surface area contributed by atoms with Gasteiger partial charge >= 0.3 is 6.09 Å². The predicted molar refractivity (Wildman–Crippen MR) is 121 cm³/mol. The lowest BCUT2D eigenvalue weighted by Gasteiger charge is -2.15. The number of nitrogens with zero attached hydrogens (tertiary/aromatic N) is 6. The van der Waals surface area contributed by atoms with E-state index in [0.29, 0.717) is 17.4 Å². The molecule has 1 unspecified atom stereocenters. The summed E-state index contributed by atoms with van der Waals surface area (Å²) >= 11 is 0. The van der Waals surface area contributed by atoms with Gasteiger partial charge in [0.05, 0.1) is 23.6 Å². The van der Waals surface area contributed by atoms with E-state index in [-0.39, 0.29) is 6.04 Å². The molecule has 1 amide bonds. The molecule has 33 heavy (non-hydrogen) atoms. The molecule has 9 nitrogen and oxygen atoms in total. The van der Waals surface area contributed by atoms with E-state index >= 15 is 0 Å². The zero-order valence-corrected chi connectivity index (χ0v) is 18.3. The molecule has 1 N–H and O–H groups in total. The molecular weight excluding hydrogens is 418 g/mol. The van der Waals surface area contributed by atoms with Gasteiger partial charge in [0.15, 0.2) is 5.82 Å². The molecule has 1 aliphatic carbocycles. The smallest absolute Gasteiger partial charge is 0.410 e. The van der Waals surface area contributed by atoms with Gasteiger partial charge in [-0.05, 0) is 60.4 Å². The Hall–Kier alpha value is -4.14. The summed E-state index contributed by atoms with van der Waals surface area (Å²) in [5, 5.41) is 15.1. The molecule has 0 saturated heterocycles. The van der Waals surface area contributed by atoms with Crippen molar-refractivity contribution in [2.45, 2.75) is 38.6 Å². The number of hydrogen-bond acceptors (Lipinski definition) is 7. The summed E-state index contributed by atoms with van der Waals surface area (Å²) in [7, 11) is 0. The first-order valence-corrected chi connectivity index (χ1v) is 10.8. The predicted octanol–water partition coefficient (Wildman–Crippen LogP) is 4.15. The summed E-state index contributed by atoms with van der Waals surface area (Å²) in [5.74, 6) is 1.58. The molecule has 4 aromatic rings. The second-order valence-electron chi connectivity index (χ2n) is 8.19. The van der Waals surface area contributed by atoms with E-state index in [1.54, 1.807) is 29.3 Å². The number of hydrogen-bond donors (Lipinski definition) is 1. The van der Waals surface area contributed by atoms with Crippen LogP contribution in [0.5, 0.6) is 5.75 Å². The van der Waals surface area contributed by atoms with Crippen molar-refractivity contribution in [1.29, 1.82) is 0 Å². The van der Waals surface area contributed by atoms with Crippen LogP contribution in [0.15, 0.2) is 61.1 Å². The van der Waals surface area contributed by atoms with Gasteiger partial charge in [0.2, 0.25) is 0 Å². The van der Waals surface area contributed by atoms with Gasteiger partial charge in [-0.15, -0.1) is 5.10 Å². The molecule has 1 fully saturated rings. The lowest BCUT2D eigenvalue weighted by molar-refractivity contribution is 0.196. The fraction of sp³-hybridized carbons (Fsp3) is 0.250. The van der Waals surface area contributed by atoms with Crippen molar-refractivity contribution in [3.05, 3.63) is 78.1 Å². The maximum absolute atomic E-state index is 12.6. The van der Waals surface area contributed by atoms with Crippen molar-refractivity contribution in [2.75, 3.05) is 0 Å². The van der Waals surface area contributed by atoms with Crippen molar-refractivity contribution in [3.63, 3.8) is 0 Å². The number of aryl methyl sites for hydroxylation is 1. The summed E-state index contributed by atoms with van der Waals surface area (Å²) in [6, 6.07) is 13.4. The number of aromatic nitrogens is 6. The first-order valence-electron chi connectivity index (χ1n) is 10.8. The minimum Gasteiger partial charge on any atom is -0.410 e. The number of tetrazole rings is 1. The zero-order valence-electron chi connectivity index (χ0n) is 18.3. The van der Waals surface area contributed by atoms with Gasteiger partial charge < -0.3 is 10.1 Å². The third-order valence-corrected chi connectivity index (χ3v) is 5.53. The Morgan fingerprint density at radius 2 is 1.94 bits per heavy atom. The lowest BCUT2D eigenvalue weighted by Crippen LogP contribution is -2.30. The molecule has 0 radical (unpaired) electrons. The second kappa shape index (κ2) is 8.78. The van der Waals surface area contributed by atoms with Gasteiger partial charge in [-0.2, -0.15) is 4.68 Å². The molecule has 9 heteroatoms. The number of nitrogens with one attached hydrogen (secondary N) is 1. The number of amides is 1. The van der Waals surface area contributed by atoms with Gasteiger partial charge in [0.25, 0.3) is 0 Å². The van der Waals surface area contributed by atoms with Crippen molar-refractivity contribution in [3.8, 4) is 22.6 Å². The first-order chi connectivity index (χ1) is 16.1. The molecule has 2 heterocycles. The van der Waals surface area contributed by atoms with E-state index in [1.165, 1.54) is 5.56 Å². The van der Waals surface area contributed by atoms with Crippen LogP contribution in [0.4, 0.5) is 4.79 Å². The van der Waals surface area contributed by atoms with Crippen LogP contribution in [0.25, 0.3) is 16.8 Å². The fourth-order valence-corrected chi connectivity index (χ4v) is 3.57. The Kier molecular flexibility index (Phi) is 5.52. The highest BCUT2D eigenvalue weighted by Crippen LogP contribution is 2.39. The van der Waals surface area contributed by atoms with Gasteiger partial charge in [0.1, 0.15) is 5.75 Å². The van der Waals surface area contributed by atoms with Crippen molar-refractivity contribution < 1.29 is 9.53 Å². The Balaban J connectivity index is 1.45. The topological polar surface area (TPSA) is 108 Å². The van der Waals surface area contributed by atoms with E-state index in [9.17, 15) is 4.79 Å². The van der Waals surface area contributed by atoms with Crippen molar-refractivity contribution in [1.82, 2.24) is 35.5 Å². The molecule has 2 aromatic carbocycles. The Morgan fingerprint density at radius 1 is 1.12 bits per heavy atom. The largest absolute Gasteiger partial charge is 0.413 e. The zero-order chi connectivity index (χ0) is 22.8. The van der Waals surface area contributed by atoms with Gasteiger partial charge in [-0.1, -0.05) is 29.8 Å². The Morgan fingerprint density at radius 3 is 2.67 bits per heavy atom. The van der Waals surface area contributed by atoms with Crippen LogP contribution in [0.1, 0.15) is 48.8 Å². The highest BCUT2D eigenvalue weighted by atomic mass is 16.6. The van der Waals surface area contributed by atoms with Crippen LogP contribution in [-0.4, -0.2) is 36.3 Å². The Bertz CT molecular complexity index is 1270. The number of carbonyl (C=O) groups excluding carboxylic acids is 1. The molecule has 5 rings (SSSR count). The standard InChI is InChI=1S/C24H23N7O2/c1-15-3-5-17(6-4-15)19-11-20(31-23(18-7-8-18)28-29-30-31)13-21(12-19)33-24(32)27-16(2)22-14-25-9-10-26-22/h3-6,9-14,16,18H,7-8H2,1-2H3,(H,27,32). The van der Waals surface area contributed by atoms with Crippen LogP contribution in [0.3, 0.4) is 0 Å². The van der Waals surface area contributed by atoms with Gasteiger partial charge in [0, 0.05) is 24.4 Å². The summed E-state index contributed by atoms with van der Waals surface area (Å²) in [5.41, 5.74) is 4.45. The highest BCUT2D eigenvalue weighted by Gasteiger charge is 2.30. The summed E-state index contributed by atoms with van der Waals surface area (Å²) < 4.78 is 7.39. The molecule has 1 saturated carbocycles. The van der Waals surface area contributed by atoms with E-state index < -0.39 is 6.09 Å². The quantitative estimate of drug-likeness (QED) is 0.479. The lowest BCUT2D eigenvalue weighted by atomic mass is 10.0. The summed E-state index contributed by atoms with van der Waals surface area (Å²) in [6.07, 6.45) is 6.34. The second-order valence-corrected chi connectivity index (χ2v) is 8.19. The minimum atomic E-state index is -0.584. The first kappa shape index (κ1) is 20.7. The minimum absolute atomic E-state index is 0.355. The average Bonchev–Trinajstić information content (AvgIpc) is 3.55. The fourth-order valence-electron chi connectivity index (χ4n) is 3.57. The van der Waals surface area contributed by atoms with E-state index in [2.05, 4.69) is 30.8 Å². The highest BCUT2D eigenvalue weighted by molar-refractivity contribution is 5.74. The van der Waals surface area contributed by atoms with E-state index in [4.69, 9.17) is 4.74 Å². The third-order valence-electron chi connectivity index (χ3n) is 5.53. The molecule has 1 aliphatic rings. The number of rotatable bonds is 6. The molecule has 0 aliphatic heterocycles. The maximum Gasteiger partial charge on any atom is 0.413 e. The number of carbonyl (C=O) groups is 1. The maximum atomic E-state index is 12.6. The van der Waals surface area contributed by atoms with Crippen molar-refractivity contribution in [2.24, 2.45) is 0 Å². The summed E-state index contributed by atoms with van der Waals surface area (Å²) in [6.45, 7) is 3.86. The van der Waals surface area contributed by atoms with Crippen LogP contribution in [-0.2, 0) is 0 Å². The van der Waals surface area contributed by atoms with Crippen LogP contribution < -0.4 is 10.1 Å². The van der Waals surface area contributed by atoms with E-state index in [1.807, 2.05) is 50.2 Å². The molecule has 1 atom stereocenters. The normalized spacial score (nSPS) is 14.0. The SMILES string of the molecule is Cc1ccc(-c2cc(OC(=O)NC(C)c3cnccn3)cc(-n3nnnc3C3CC3)c2)cc1. The van der Waals surface area contributed by atoms with E-state index in [0.717, 1.165) is 35.5 Å². The summed E-state index contributed by atoms with van der Waals surface area (Å²) in [4.78, 5) is 20.9. The molecular formula is C24H23N7O2. The average molecular weight is 441 g/mol. The van der Waals surface area contributed by atoms with Crippen LogP contribution in [0, 0.1) is 6.92 Å². The monoisotopic (exact) mass is 441 g/mol. The molecule has 166 valence electrons. The van der Waals surface area contributed by atoms with Gasteiger partial charge in [-0.25, -0.2) is 4.79 Å². The van der Waals surface area contributed by atoms with Crippen LogP contribution in [0.2, 0.25) is 0 Å². The van der Waals surface area contributed by atoms with Gasteiger partial charge in [-0.3, -0.25) is 9.97 Å². The Labute approximate surface area is 190 Å². The molecule has 0 spiro atoms. The van der Waals surface area contributed by atoms with Crippen LogP contribution >= 0.6 is 0 Å².